The number of aryl methyl sites for hydroxylation is 2. The highest BCUT2D eigenvalue weighted by molar-refractivity contribution is 6.31. The van der Waals surface area contributed by atoms with Crippen molar-refractivity contribution in [1.82, 2.24) is 15.1 Å². The van der Waals surface area contributed by atoms with Crippen LogP contribution < -0.4 is 10.1 Å². The minimum Gasteiger partial charge on any atom is -0.481 e. The maximum Gasteiger partial charge on any atom is 0.258 e. The second-order valence-corrected chi connectivity index (χ2v) is 5.67. The fourth-order valence-corrected chi connectivity index (χ4v) is 2.69. The molecule has 118 valence electrons. The topological polar surface area (TPSA) is 56.1 Å². The fraction of sp³-hybridized carbons (Fsp3) is 0.375. The van der Waals surface area contributed by atoms with Crippen molar-refractivity contribution in [3.63, 3.8) is 0 Å². The number of benzene rings is 1. The molecule has 0 fully saturated rings. The standard InChI is InChI=1S/C16H20ClN3O2/c1-10(9-12-7-5-6-8-13(12)17)18-15(21)14-11(2)19-20(3)16(14)22-4/h5-8,10H,9H2,1-4H3,(H,18,21)/t10-/m0/s1. The maximum absolute atomic E-state index is 12.5. The first kappa shape index (κ1) is 16.4. The first-order valence-electron chi connectivity index (χ1n) is 7.06. The van der Waals surface area contributed by atoms with Crippen molar-refractivity contribution in [3.05, 3.63) is 46.1 Å². The second-order valence-electron chi connectivity index (χ2n) is 5.26. The van der Waals surface area contributed by atoms with Gasteiger partial charge in [0.1, 0.15) is 5.56 Å². The Morgan fingerprint density at radius 1 is 1.45 bits per heavy atom. The van der Waals surface area contributed by atoms with E-state index in [4.69, 9.17) is 16.3 Å². The summed E-state index contributed by atoms with van der Waals surface area (Å²) in [6.45, 7) is 3.73. The summed E-state index contributed by atoms with van der Waals surface area (Å²) in [7, 11) is 3.27. The maximum atomic E-state index is 12.5. The van der Waals surface area contributed by atoms with E-state index in [1.165, 1.54) is 7.11 Å². The molecule has 0 spiro atoms. The average molecular weight is 322 g/mol. The molecule has 1 heterocycles. The highest BCUT2D eigenvalue weighted by Crippen LogP contribution is 2.21. The molecule has 2 rings (SSSR count). The Balaban J connectivity index is 2.11. The molecule has 6 heteroatoms. The van der Waals surface area contributed by atoms with Gasteiger partial charge in [0.2, 0.25) is 5.88 Å². The van der Waals surface area contributed by atoms with Gasteiger partial charge in [0, 0.05) is 18.1 Å². The third kappa shape index (κ3) is 3.42. The summed E-state index contributed by atoms with van der Waals surface area (Å²) < 4.78 is 6.81. The van der Waals surface area contributed by atoms with Crippen LogP contribution in [0.2, 0.25) is 5.02 Å². The molecule has 22 heavy (non-hydrogen) atoms. The minimum atomic E-state index is -0.193. The molecule has 0 aliphatic rings. The highest BCUT2D eigenvalue weighted by Gasteiger charge is 2.22. The van der Waals surface area contributed by atoms with Gasteiger partial charge < -0.3 is 10.1 Å². The minimum absolute atomic E-state index is 0.0586. The van der Waals surface area contributed by atoms with Crippen LogP contribution in [-0.2, 0) is 13.5 Å². The molecule has 5 nitrogen and oxygen atoms in total. The number of carbonyl (C=O) groups excluding carboxylic acids is 1. The SMILES string of the molecule is COc1c(C(=O)N[C@@H](C)Cc2ccccc2Cl)c(C)nn1C. The monoisotopic (exact) mass is 321 g/mol. The van der Waals surface area contributed by atoms with Crippen LogP contribution in [0.5, 0.6) is 5.88 Å². The summed E-state index contributed by atoms with van der Waals surface area (Å²) >= 11 is 6.15. The zero-order chi connectivity index (χ0) is 16.3. The molecule has 1 aromatic heterocycles. The summed E-state index contributed by atoms with van der Waals surface area (Å²) in [5, 5.41) is 7.90. The molecule has 0 unspecified atom stereocenters. The Morgan fingerprint density at radius 3 is 2.77 bits per heavy atom. The van der Waals surface area contributed by atoms with Crippen LogP contribution in [0.3, 0.4) is 0 Å². The molecule has 0 radical (unpaired) electrons. The van der Waals surface area contributed by atoms with Gasteiger partial charge in [-0.3, -0.25) is 4.79 Å². The van der Waals surface area contributed by atoms with Crippen molar-refractivity contribution in [2.45, 2.75) is 26.3 Å². The summed E-state index contributed by atoms with van der Waals surface area (Å²) in [6.07, 6.45) is 0.660. The van der Waals surface area contributed by atoms with Gasteiger partial charge in [-0.25, -0.2) is 4.68 Å². The Labute approximate surface area is 135 Å². The molecular weight excluding hydrogens is 302 g/mol. The number of aromatic nitrogens is 2. The van der Waals surface area contributed by atoms with Crippen LogP contribution in [-0.4, -0.2) is 28.8 Å². The van der Waals surface area contributed by atoms with Gasteiger partial charge in [-0.2, -0.15) is 5.10 Å². The fourth-order valence-electron chi connectivity index (χ4n) is 2.47. The van der Waals surface area contributed by atoms with Crippen LogP contribution in [0.4, 0.5) is 0 Å². The van der Waals surface area contributed by atoms with E-state index < -0.39 is 0 Å². The smallest absolute Gasteiger partial charge is 0.258 e. The van der Waals surface area contributed by atoms with E-state index in [1.807, 2.05) is 31.2 Å². The van der Waals surface area contributed by atoms with Gasteiger partial charge in [-0.15, -0.1) is 0 Å². The van der Waals surface area contributed by atoms with Crippen LogP contribution >= 0.6 is 11.6 Å². The van der Waals surface area contributed by atoms with Crippen LogP contribution in [0.1, 0.15) is 28.5 Å². The number of carbonyl (C=O) groups is 1. The molecule has 0 saturated heterocycles. The second kappa shape index (κ2) is 6.83. The van der Waals surface area contributed by atoms with E-state index in [9.17, 15) is 4.79 Å². The van der Waals surface area contributed by atoms with Crippen LogP contribution in [0.25, 0.3) is 0 Å². The first-order chi connectivity index (χ1) is 10.4. The van der Waals surface area contributed by atoms with E-state index >= 15 is 0 Å². The number of nitrogens with one attached hydrogen (secondary N) is 1. The third-order valence-corrected chi connectivity index (χ3v) is 3.82. The van der Waals surface area contributed by atoms with Gasteiger partial charge in [-0.05, 0) is 31.9 Å². The summed E-state index contributed by atoms with van der Waals surface area (Å²) in [6, 6.07) is 7.57. The predicted molar refractivity (Wildman–Crippen MR) is 86.6 cm³/mol. The normalized spacial score (nSPS) is 12.0. The van der Waals surface area contributed by atoms with Gasteiger partial charge >= 0.3 is 0 Å². The first-order valence-corrected chi connectivity index (χ1v) is 7.43. The molecule has 0 saturated carbocycles. The van der Waals surface area contributed by atoms with E-state index in [0.29, 0.717) is 28.6 Å². The van der Waals surface area contributed by atoms with Crippen LogP contribution in [0, 0.1) is 6.92 Å². The number of hydrogen-bond acceptors (Lipinski definition) is 3. The number of nitrogens with zero attached hydrogens (tertiary/aromatic N) is 2. The third-order valence-electron chi connectivity index (χ3n) is 3.45. The lowest BCUT2D eigenvalue weighted by atomic mass is 10.1. The zero-order valence-corrected chi connectivity index (χ0v) is 13.9. The lowest BCUT2D eigenvalue weighted by molar-refractivity contribution is 0.0936. The van der Waals surface area contributed by atoms with Crippen LogP contribution in [0.15, 0.2) is 24.3 Å². The molecule has 0 aliphatic heterocycles. The number of rotatable bonds is 5. The van der Waals surface area contributed by atoms with E-state index in [1.54, 1.807) is 18.7 Å². The molecule has 1 aromatic carbocycles. The molecule has 1 amide bonds. The van der Waals surface area contributed by atoms with Crippen molar-refractivity contribution < 1.29 is 9.53 Å². The summed E-state index contributed by atoms with van der Waals surface area (Å²) in [5.74, 6) is 0.266. The number of amides is 1. The number of halogens is 1. The lowest BCUT2D eigenvalue weighted by Gasteiger charge is -2.15. The number of ether oxygens (including phenoxy) is 1. The summed E-state index contributed by atoms with van der Waals surface area (Å²) in [5.41, 5.74) is 2.12. The molecule has 0 bridgehead atoms. The molecular formula is C16H20ClN3O2. The molecule has 1 N–H and O–H groups in total. The number of hydrogen-bond donors (Lipinski definition) is 1. The Bertz CT molecular complexity index is 682. The molecule has 0 aliphatic carbocycles. The van der Waals surface area contributed by atoms with Gasteiger partial charge in [-0.1, -0.05) is 29.8 Å². The van der Waals surface area contributed by atoms with E-state index in [0.717, 1.165) is 5.56 Å². The quantitative estimate of drug-likeness (QED) is 0.921. The Morgan fingerprint density at radius 2 is 2.14 bits per heavy atom. The van der Waals surface area contributed by atoms with Crippen molar-refractivity contribution in [2.75, 3.05) is 7.11 Å². The van der Waals surface area contributed by atoms with Gasteiger partial charge in [0.15, 0.2) is 0 Å². The highest BCUT2D eigenvalue weighted by atomic mass is 35.5. The Kier molecular flexibility index (Phi) is 5.08. The summed E-state index contributed by atoms with van der Waals surface area (Å²) in [4.78, 5) is 12.5. The number of methoxy groups -OCH3 is 1. The van der Waals surface area contributed by atoms with E-state index in [-0.39, 0.29) is 11.9 Å². The van der Waals surface area contributed by atoms with Crippen molar-refractivity contribution in [1.29, 1.82) is 0 Å². The van der Waals surface area contributed by atoms with Crippen molar-refractivity contribution in [3.8, 4) is 5.88 Å². The largest absolute Gasteiger partial charge is 0.481 e. The van der Waals surface area contributed by atoms with Gasteiger partial charge in [0.25, 0.3) is 5.91 Å². The van der Waals surface area contributed by atoms with E-state index in [2.05, 4.69) is 10.4 Å². The Hall–Kier alpha value is -2.01. The molecule has 1 atom stereocenters. The van der Waals surface area contributed by atoms with Crippen molar-refractivity contribution >= 4 is 17.5 Å². The average Bonchev–Trinajstić information content (AvgIpc) is 2.75. The van der Waals surface area contributed by atoms with Crippen molar-refractivity contribution in [2.24, 2.45) is 7.05 Å². The lowest BCUT2D eigenvalue weighted by Crippen LogP contribution is -2.34. The molecule has 2 aromatic rings. The predicted octanol–water partition coefficient (Wildman–Crippen LogP) is 2.75. The zero-order valence-electron chi connectivity index (χ0n) is 13.2. The van der Waals surface area contributed by atoms with Gasteiger partial charge in [0.05, 0.1) is 12.8 Å².